The fourth-order valence-corrected chi connectivity index (χ4v) is 3.16. The summed E-state index contributed by atoms with van der Waals surface area (Å²) in [4.78, 5) is 21.0. The van der Waals surface area contributed by atoms with Crippen LogP contribution in [0.4, 0.5) is 5.82 Å². The summed E-state index contributed by atoms with van der Waals surface area (Å²) in [7, 11) is 0. The smallest absolute Gasteiger partial charge is 0.271 e. The Morgan fingerprint density at radius 3 is 2.60 bits per heavy atom. The monoisotopic (exact) mass is 397 g/mol. The second-order valence-electron chi connectivity index (χ2n) is 6.67. The van der Waals surface area contributed by atoms with Crippen LogP contribution in [0.3, 0.4) is 0 Å². The number of anilines is 1. The highest BCUT2D eigenvalue weighted by Gasteiger charge is 2.16. The molecular weight excluding hydrogens is 378 g/mol. The molecule has 148 valence electrons. The molecule has 3 N–H and O–H groups in total. The highest BCUT2D eigenvalue weighted by Crippen LogP contribution is 2.21. The molecule has 2 aromatic heterocycles. The van der Waals surface area contributed by atoms with Crippen LogP contribution in [0.5, 0.6) is 0 Å². The van der Waals surface area contributed by atoms with E-state index in [1.807, 2.05) is 54.6 Å². The normalized spacial score (nSPS) is 10.6. The number of carbonyl (C=O) groups excluding carboxylic acids is 1. The number of nitrogens with zero attached hydrogens (tertiary/aromatic N) is 5. The zero-order valence-electron chi connectivity index (χ0n) is 16.1. The number of amides is 1. The molecule has 0 radical (unpaired) electrons. The van der Waals surface area contributed by atoms with E-state index in [2.05, 4.69) is 26.5 Å². The van der Waals surface area contributed by atoms with E-state index < -0.39 is 0 Å². The van der Waals surface area contributed by atoms with Crippen LogP contribution in [0.15, 0.2) is 60.8 Å². The fraction of sp³-hybridized carbons (Fsp3) is 0.136. The van der Waals surface area contributed by atoms with Gasteiger partial charge in [-0.25, -0.2) is 9.67 Å². The minimum absolute atomic E-state index is 0.268. The Labute approximate surface area is 173 Å². The van der Waals surface area contributed by atoms with Crippen molar-refractivity contribution in [2.45, 2.75) is 12.8 Å². The van der Waals surface area contributed by atoms with Gasteiger partial charge in [-0.05, 0) is 37.1 Å². The van der Waals surface area contributed by atoms with Crippen molar-refractivity contribution in [2.75, 3.05) is 12.3 Å². The molecule has 0 atom stereocenters. The molecule has 0 fully saturated rings. The van der Waals surface area contributed by atoms with Gasteiger partial charge in [-0.1, -0.05) is 30.3 Å². The average Bonchev–Trinajstić information content (AvgIpc) is 3.12. The summed E-state index contributed by atoms with van der Waals surface area (Å²) >= 11 is 0. The van der Waals surface area contributed by atoms with Gasteiger partial charge in [-0.15, -0.1) is 0 Å². The van der Waals surface area contributed by atoms with E-state index in [0.717, 1.165) is 11.2 Å². The molecule has 1 amide bonds. The summed E-state index contributed by atoms with van der Waals surface area (Å²) < 4.78 is 1.57. The van der Waals surface area contributed by atoms with Gasteiger partial charge >= 0.3 is 0 Å². The number of para-hydroxylation sites is 3. The molecule has 0 spiro atoms. The van der Waals surface area contributed by atoms with Gasteiger partial charge in [0.1, 0.15) is 23.1 Å². The summed E-state index contributed by atoms with van der Waals surface area (Å²) in [6.45, 7) is 0.413. The van der Waals surface area contributed by atoms with Crippen molar-refractivity contribution in [3.05, 3.63) is 77.7 Å². The van der Waals surface area contributed by atoms with Gasteiger partial charge in [0.15, 0.2) is 0 Å². The molecule has 0 bridgehead atoms. The molecule has 2 heterocycles. The van der Waals surface area contributed by atoms with Crippen molar-refractivity contribution in [1.29, 1.82) is 5.26 Å². The number of nitrogens with one attached hydrogen (secondary N) is 1. The fourth-order valence-electron chi connectivity index (χ4n) is 3.16. The first kappa shape index (κ1) is 19.1. The van der Waals surface area contributed by atoms with Crippen molar-refractivity contribution in [3.8, 4) is 11.8 Å². The van der Waals surface area contributed by atoms with E-state index in [0.29, 0.717) is 42.0 Å². The van der Waals surface area contributed by atoms with Gasteiger partial charge < -0.3 is 11.1 Å². The Morgan fingerprint density at radius 1 is 1.10 bits per heavy atom. The number of hydrogen-bond acceptors (Lipinski definition) is 6. The van der Waals surface area contributed by atoms with Crippen molar-refractivity contribution in [3.63, 3.8) is 0 Å². The SMILES string of the molecule is N#Cc1c(CCCNC(=O)c2cnc3ccccc3n2)nn(-c2ccccc2)c1N. The summed E-state index contributed by atoms with van der Waals surface area (Å²) in [5.74, 6) is 0.0252. The minimum Gasteiger partial charge on any atom is -0.382 e. The first-order chi connectivity index (χ1) is 14.7. The highest BCUT2D eigenvalue weighted by atomic mass is 16.1. The lowest BCUT2D eigenvalue weighted by Crippen LogP contribution is -2.26. The number of nitriles is 1. The van der Waals surface area contributed by atoms with Crippen molar-refractivity contribution >= 4 is 22.8 Å². The van der Waals surface area contributed by atoms with Crippen LogP contribution >= 0.6 is 0 Å². The number of fused-ring (bicyclic) bond motifs is 1. The van der Waals surface area contributed by atoms with E-state index in [-0.39, 0.29) is 11.6 Å². The first-order valence-electron chi connectivity index (χ1n) is 9.50. The maximum Gasteiger partial charge on any atom is 0.271 e. The van der Waals surface area contributed by atoms with Crippen molar-refractivity contribution in [2.24, 2.45) is 0 Å². The zero-order valence-corrected chi connectivity index (χ0v) is 16.1. The molecule has 8 nitrogen and oxygen atoms in total. The Morgan fingerprint density at radius 2 is 1.83 bits per heavy atom. The minimum atomic E-state index is -0.289. The molecule has 30 heavy (non-hydrogen) atoms. The number of hydrogen-bond donors (Lipinski definition) is 2. The number of nitrogen functional groups attached to an aromatic ring is 1. The second kappa shape index (κ2) is 8.41. The summed E-state index contributed by atoms with van der Waals surface area (Å²) in [6, 6.07) is 18.9. The van der Waals surface area contributed by atoms with Crippen LogP contribution in [0.1, 0.15) is 28.2 Å². The van der Waals surface area contributed by atoms with Gasteiger partial charge in [-0.3, -0.25) is 9.78 Å². The maximum absolute atomic E-state index is 12.4. The van der Waals surface area contributed by atoms with Gasteiger partial charge in [0, 0.05) is 6.54 Å². The molecule has 0 aliphatic heterocycles. The molecule has 4 aromatic rings. The Balaban J connectivity index is 1.39. The van der Waals surface area contributed by atoms with Crippen LogP contribution in [0.2, 0.25) is 0 Å². The largest absolute Gasteiger partial charge is 0.382 e. The van der Waals surface area contributed by atoms with Gasteiger partial charge in [0.05, 0.1) is 28.6 Å². The number of aromatic nitrogens is 4. The van der Waals surface area contributed by atoms with E-state index >= 15 is 0 Å². The molecule has 0 unspecified atom stereocenters. The highest BCUT2D eigenvalue weighted by molar-refractivity contribution is 5.93. The predicted molar refractivity (Wildman–Crippen MR) is 113 cm³/mol. The molecule has 0 saturated heterocycles. The lowest BCUT2D eigenvalue weighted by Gasteiger charge is -2.05. The second-order valence-corrected chi connectivity index (χ2v) is 6.67. The van der Waals surface area contributed by atoms with Gasteiger partial charge in [0.2, 0.25) is 0 Å². The summed E-state index contributed by atoms with van der Waals surface area (Å²) in [5, 5.41) is 16.8. The molecule has 2 aromatic carbocycles. The average molecular weight is 397 g/mol. The summed E-state index contributed by atoms with van der Waals surface area (Å²) in [5.41, 5.74) is 9.56. The quantitative estimate of drug-likeness (QED) is 0.482. The molecule has 0 aliphatic carbocycles. The molecule has 4 rings (SSSR count). The summed E-state index contributed by atoms with van der Waals surface area (Å²) in [6.07, 6.45) is 2.58. The Bertz CT molecular complexity index is 1240. The Hall–Kier alpha value is -4.25. The van der Waals surface area contributed by atoms with Crippen molar-refractivity contribution in [1.82, 2.24) is 25.1 Å². The molecule has 8 heteroatoms. The number of aryl methyl sites for hydroxylation is 1. The maximum atomic E-state index is 12.4. The molecule has 0 aliphatic rings. The molecule has 0 saturated carbocycles. The van der Waals surface area contributed by atoms with E-state index in [1.165, 1.54) is 6.20 Å². The zero-order chi connectivity index (χ0) is 20.9. The van der Waals surface area contributed by atoms with Crippen LogP contribution in [-0.2, 0) is 6.42 Å². The first-order valence-corrected chi connectivity index (χ1v) is 9.50. The van der Waals surface area contributed by atoms with E-state index in [9.17, 15) is 10.1 Å². The third-order valence-electron chi connectivity index (χ3n) is 4.66. The topological polar surface area (TPSA) is 123 Å². The molecular formula is C22H19N7O. The van der Waals surface area contributed by atoms with Crippen LogP contribution in [0.25, 0.3) is 16.7 Å². The number of nitrogens with two attached hydrogens (primary N) is 1. The number of rotatable bonds is 6. The van der Waals surface area contributed by atoms with Crippen molar-refractivity contribution < 1.29 is 4.79 Å². The number of carbonyl (C=O) groups is 1. The Kier molecular flexibility index (Phi) is 5.35. The van der Waals surface area contributed by atoms with Gasteiger partial charge in [-0.2, -0.15) is 10.4 Å². The third-order valence-corrected chi connectivity index (χ3v) is 4.66. The van der Waals surface area contributed by atoms with E-state index in [4.69, 9.17) is 5.73 Å². The number of benzene rings is 2. The van der Waals surface area contributed by atoms with Crippen LogP contribution in [-0.4, -0.2) is 32.2 Å². The lowest BCUT2D eigenvalue weighted by molar-refractivity contribution is 0.0948. The van der Waals surface area contributed by atoms with Gasteiger partial charge in [0.25, 0.3) is 5.91 Å². The van der Waals surface area contributed by atoms with Crippen LogP contribution < -0.4 is 11.1 Å². The lowest BCUT2D eigenvalue weighted by atomic mass is 10.1. The van der Waals surface area contributed by atoms with Crippen LogP contribution in [0, 0.1) is 11.3 Å². The standard InChI is InChI=1S/C22H19N7O/c23-13-16-17(28-29(21(16)24)15-7-2-1-3-8-15)11-6-12-25-22(30)20-14-26-18-9-4-5-10-19(18)27-20/h1-5,7-10,14H,6,11-12,24H2,(H,25,30). The third kappa shape index (κ3) is 3.82. The predicted octanol–water partition coefficient (Wildman–Crippen LogP) is 2.63. The van der Waals surface area contributed by atoms with E-state index in [1.54, 1.807) is 4.68 Å².